The lowest BCUT2D eigenvalue weighted by molar-refractivity contribution is -0.148. The van der Waals surface area contributed by atoms with Gasteiger partial charge in [0.2, 0.25) is 0 Å². The maximum absolute atomic E-state index is 11.0. The van der Waals surface area contributed by atoms with Crippen molar-refractivity contribution in [1.29, 1.82) is 0 Å². The van der Waals surface area contributed by atoms with Crippen LogP contribution < -0.4 is 0 Å². The van der Waals surface area contributed by atoms with Gasteiger partial charge < -0.3 is 9.52 Å². The van der Waals surface area contributed by atoms with Crippen LogP contribution in [0.1, 0.15) is 25.4 Å². The van der Waals surface area contributed by atoms with Crippen molar-refractivity contribution in [2.45, 2.75) is 32.7 Å². The van der Waals surface area contributed by atoms with Crippen LogP contribution in [0.3, 0.4) is 0 Å². The summed E-state index contributed by atoms with van der Waals surface area (Å²) >= 11 is 0. The van der Waals surface area contributed by atoms with Crippen LogP contribution in [0.4, 0.5) is 0 Å². The second-order valence-electron chi connectivity index (χ2n) is 4.55. The molecule has 0 spiro atoms. The number of carboxylic acid groups (broad SMARTS) is 1. The summed E-state index contributed by atoms with van der Waals surface area (Å²) in [7, 11) is 1.81. The van der Waals surface area contributed by atoms with E-state index in [9.17, 15) is 4.79 Å². The number of nitrogens with zero attached hydrogens (tertiary/aromatic N) is 1. The average Bonchev–Trinajstić information content (AvgIpc) is 2.60. The molecule has 1 aromatic heterocycles. The van der Waals surface area contributed by atoms with Gasteiger partial charge in [-0.15, -0.1) is 0 Å². The SMILES string of the molecule is Cc1ccc(CCN(C)C(C)(C)C(=O)O)o1. The molecular weight excluding hydrogens is 206 g/mol. The van der Waals surface area contributed by atoms with Gasteiger partial charge in [-0.3, -0.25) is 9.69 Å². The smallest absolute Gasteiger partial charge is 0.323 e. The summed E-state index contributed by atoms with van der Waals surface area (Å²) in [5, 5.41) is 9.05. The lowest BCUT2D eigenvalue weighted by Crippen LogP contribution is -2.48. The zero-order chi connectivity index (χ0) is 12.3. The summed E-state index contributed by atoms with van der Waals surface area (Å²) in [5.74, 6) is 0.964. The van der Waals surface area contributed by atoms with Crippen molar-refractivity contribution in [1.82, 2.24) is 4.90 Å². The number of furan rings is 1. The highest BCUT2D eigenvalue weighted by molar-refractivity contribution is 5.77. The first-order valence-corrected chi connectivity index (χ1v) is 5.34. The van der Waals surface area contributed by atoms with Crippen LogP contribution in [0.25, 0.3) is 0 Å². The minimum Gasteiger partial charge on any atom is -0.480 e. The number of carboxylic acids is 1. The van der Waals surface area contributed by atoms with Crippen molar-refractivity contribution < 1.29 is 14.3 Å². The van der Waals surface area contributed by atoms with Crippen LogP contribution in [0, 0.1) is 6.92 Å². The molecule has 0 aliphatic rings. The first-order chi connectivity index (χ1) is 7.34. The molecular formula is C12H19NO3. The Morgan fingerprint density at radius 2 is 2.12 bits per heavy atom. The minimum absolute atomic E-state index is 0.659. The van der Waals surface area contributed by atoms with Crippen LogP contribution in [-0.2, 0) is 11.2 Å². The van der Waals surface area contributed by atoms with Gasteiger partial charge in [0.1, 0.15) is 17.1 Å². The van der Waals surface area contributed by atoms with Crippen molar-refractivity contribution in [3.63, 3.8) is 0 Å². The second kappa shape index (κ2) is 4.70. The molecule has 1 N–H and O–H groups in total. The molecule has 4 heteroatoms. The number of rotatable bonds is 5. The van der Waals surface area contributed by atoms with Gasteiger partial charge in [-0.25, -0.2) is 0 Å². The molecule has 0 amide bonds. The van der Waals surface area contributed by atoms with Gasteiger partial charge in [0.15, 0.2) is 0 Å². The summed E-state index contributed by atoms with van der Waals surface area (Å²) in [6, 6.07) is 3.84. The predicted molar refractivity (Wildman–Crippen MR) is 61.5 cm³/mol. The van der Waals surface area contributed by atoms with Gasteiger partial charge in [-0.1, -0.05) is 0 Å². The molecule has 90 valence electrons. The molecule has 0 bridgehead atoms. The summed E-state index contributed by atoms with van der Waals surface area (Å²) in [4.78, 5) is 12.8. The van der Waals surface area contributed by atoms with Gasteiger partial charge in [0, 0.05) is 13.0 Å². The maximum atomic E-state index is 11.0. The van der Waals surface area contributed by atoms with E-state index in [4.69, 9.17) is 9.52 Å². The minimum atomic E-state index is -0.846. The maximum Gasteiger partial charge on any atom is 0.323 e. The monoisotopic (exact) mass is 225 g/mol. The summed E-state index contributed by atoms with van der Waals surface area (Å²) in [6.07, 6.45) is 0.723. The summed E-state index contributed by atoms with van der Waals surface area (Å²) in [5.41, 5.74) is -0.846. The molecule has 0 aliphatic carbocycles. The first kappa shape index (κ1) is 12.8. The number of hydrogen-bond acceptors (Lipinski definition) is 3. The molecule has 0 saturated heterocycles. The molecule has 1 aromatic rings. The Kier molecular flexibility index (Phi) is 3.75. The van der Waals surface area contributed by atoms with Gasteiger partial charge in [-0.2, -0.15) is 0 Å². The van der Waals surface area contributed by atoms with E-state index in [0.717, 1.165) is 17.9 Å². The molecule has 16 heavy (non-hydrogen) atoms. The fraction of sp³-hybridized carbons (Fsp3) is 0.583. The zero-order valence-corrected chi connectivity index (χ0v) is 10.3. The molecule has 0 aliphatic heterocycles. The van der Waals surface area contributed by atoms with Crippen molar-refractivity contribution >= 4 is 5.97 Å². The number of carbonyl (C=O) groups is 1. The zero-order valence-electron chi connectivity index (χ0n) is 10.3. The van der Waals surface area contributed by atoms with Crippen molar-refractivity contribution in [2.75, 3.05) is 13.6 Å². The van der Waals surface area contributed by atoms with Crippen molar-refractivity contribution in [2.24, 2.45) is 0 Å². The topological polar surface area (TPSA) is 53.7 Å². The van der Waals surface area contributed by atoms with Gasteiger partial charge in [-0.05, 0) is 40.0 Å². The Balaban J connectivity index is 2.53. The molecule has 0 aromatic carbocycles. The average molecular weight is 225 g/mol. The first-order valence-electron chi connectivity index (χ1n) is 5.34. The lowest BCUT2D eigenvalue weighted by Gasteiger charge is -2.31. The molecule has 0 unspecified atom stereocenters. The highest BCUT2D eigenvalue weighted by atomic mass is 16.4. The quantitative estimate of drug-likeness (QED) is 0.831. The van der Waals surface area contributed by atoms with E-state index in [0.29, 0.717) is 6.54 Å². The standard InChI is InChI=1S/C12H19NO3/c1-9-5-6-10(16-9)7-8-13(4)12(2,3)11(14)15/h5-6H,7-8H2,1-4H3,(H,14,15). The van der Waals surface area contributed by atoms with Crippen molar-refractivity contribution in [3.8, 4) is 0 Å². The van der Waals surface area contributed by atoms with E-state index in [1.165, 1.54) is 0 Å². The highest BCUT2D eigenvalue weighted by Crippen LogP contribution is 2.14. The summed E-state index contributed by atoms with van der Waals surface area (Å²) in [6.45, 7) is 5.95. The van der Waals surface area contributed by atoms with Crippen LogP contribution in [0.5, 0.6) is 0 Å². The van der Waals surface area contributed by atoms with E-state index >= 15 is 0 Å². The van der Waals surface area contributed by atoms with E-state index in [2.05, 4.69) is 0 Å². The van der Waals surface area contributed by atoms with E-state index in [1.54, 1.807) is 13.8 Å². The van der Waals surface area contributed by atoms with Crippen LogP contribution in [0.2, 0.25) is 0 Å². The lowest BCUT2D eigenvalue weighted by atomic mass is 10.0. The third kappa shape index (κ3) is 2.85. The normalized spacial score (nSPS) is 12.1. The molecule has 0 fully saturated rings. The molecule has 1 rings (SSSR count). The highest BCUT2D eigenvalue weighted by Gasteiger charge is 2.31. The van der Waals surface area contributed by atoms with E-state index in [1.807, 2.05) is 31.0 Å². The van der Waals surface area contributed by atoms with Crippen LogP contribution in [0.15, 0.2) is 16.5 Å². The van der Waals surface area contributed by atoms with E-state index in [-0.39, 0.29) is 0 Å². The number of aryl methyl sites for hydroxylation is 1. The number of likely N-dealkylation sites (N-methyl/N-ethyl adjacent to an activating group) is 1. The van der Waals surface area contributed by atoms with E-state index < -0.39 is 11.5 Å². The molecule has 0 atom stereocenters. The Morgan fingerprint density at radius 3 is 2.56 bits per heavy atom. The van der Waals surface area contributed by atoms with Gasteiger partial charge >= 0.3 is 5.97 Å². The Morgan fingerprint density at radius 1 is 1.50 bits per heavy atom. The third-order valence-electron chi connectivity index (χ3n) is 2.97. The second-order valence-corrected chi connectivity index (χ2v) is 4.55. The largest absolute Gasteiger partial charge is 0.480 e. The fourth-order valence-corrected chi connectivity index (χ4v) is 1.34. The summed E-state index contributed by atoms with van der Waals surface area (Å²) < 4.78 is 5.43. The Hall–Kier alpha value is -1.29. The molecule has 0 radical (unpaired) electrons. The molecule has 4 nitrogen and oxygen atoms in total. The number of hydrogen-bond donors (Lipinski definition) is 1. The molecule has 0 saturated carbocycles. The Labute approximate surface area is 95.9 Å². The van der Waals surface area contributed by atoms with Crippen molar-refractivity contribution in [3.05, 3.63) is 23.7 Å². The number of aliphatic carboxylic acids is 1. The Bertz CT molecular complexity index is 368. The molecule has 1 heterocycles. The van der Waals surface area contributed by atoms with Gasteiger partial charge in [0.05, 0.1) is 0 Å². The van der Waals surface area contributed by atoms with Crippen LogP contribution in [-0.4, -0.2) is 35.1 Å². The predicted octanol–water partition coefficient (Wildman–Crippen LogP) is 1.93. The third-order valence-corrected chi connectivity index (χ3v) is 2.97. The fourth-order valence-electron chi connectivity index (χ4n) is 1.34. The van der Waals surface area contributed by atoms with Gasteiger partial charge in [0.25, 0.3) is 0 Å². The van der Waals surface area contributed by atoms with Crippen LogP contribution >= 0.6 is 0 Å².